The Kier molecular flexibility index (Phi) is 5.62. The van der Waals surface area contributed by atoms with E-state index in [1.54, 1.807) is 17.9 Å². The van der Waals surface area contributed by atoms with E-state index in [4.69, 9.17) is 0 Å². The second kappa shape index (κ2) is 7.93. The number of amides is 1. The maximum absolute atomic E-state index is 13.4. The summed E-state index contributed by atoms with van der Waals surface area (Å²) in [7, 11) is 0. The van der Waals surface area contributed by atoms with Crippen molar-refractivity contribution >= 4 is 11.7 Å². The summed E-state index contributed by atoms with van der Waals surface area (Å²) in [6, 6.07) is 2.50. The third-order valence-corrected chi connectivity index (χ3v) is 6.24. The molecule has 2 aliphatic rings. The van der Waals surface area contributed by atoms with Crippen LogP contribution in [0.15, 0.2) is 24.5 Å². The number of alkyl halides is 5. The third-order valence-electron chi connectivity index (χ3n) is 6.24. The van der Waals surface area contributed by atoms with Gasteiger partial charge in [0, 0.05) is 44.2 Å². The number of carbonyl (C=O) groups is 1. The highest BCUT2D eigenvalue weighted by Crippen LogP contribution is 2.40. The highest BCUT2D eigenvalue weighted by atomic mass is 19.4. The fraction of sp³-hybridized carbons (Fsp3) is 0.571. The SMILES string of the molecule is C[C@H]1CN(C(=O)c2ccnc(N3CCC(F)(F)CC3)c2)Cc2cnc(C(C)(O)C(F)(F)F)n21. The van der Waals surface area contributed by atoms with Crippen molar-refractivity contribution in [2.24, 2.45) is 0 Å². The van der Waals surface area contributed by atoms with Gasteiger partial charge in [-0.2, -0.15) is 13.2 Å². The maximum atomic E-state index is 13.4. The van der Waals surface area contributed by atoms with E-state index in [9.17, 15) is 31.9 Å². The monoisotopic (exact) mass is 473 g/mol. The molecule has 0 bridgehead atoms. The van der Waals surface area contributed by atoms with Gasteiger partial charge in [-0.05, 0) is 26.0 Å². The van der Waals surface area contributed by atoms with Gasteiger partial charge >= 0.3 is 6.18 Å². The first kappa shape index (κ1) is 23.4. The molecule has 0 radical (unpaired) electrons. The average molecular weight is 473 g/mol. The van der Waals surface area contributed by atoms with Crippen LogP contribution in [0, 0.1) is 0 Å². The number of anilines is 1. The van der Waals surface area contributed by atoms with Crippen molar-refractivity contribution in [2.45, 2.75) is 57.0 Å². The predicted molar refractivity (Wildman–Crippen MR) is 108 cm³/mol. The molecule has 180 valence electrons. The van der Waals surface area contributed by atoms with E-state index in [0.29, 0.717) is 24.0 Å². The first-order valence-corrected chi connectivity index (χ1v) is 10.5. The maximum Gasteiger partial charge on any atom is 0.424 e. The summed E-state index contributed by atoms with van der Waals surface area (Å²) >= 11 is 0. The number of imidazole rings is 1. The number of nitrogens with zero attached hydrogens (tertiary/aromatic N) is 5. The Bertz CT molecular complexity index is 1040. The van der Waals surface area contributed by atoms with E-state index in [-0.39, 0.29) is 44.9 Å². The molecule has 33 heavy (non-hydrogen) atoms. The summed E-state index contributed by atoms with van der Waals surface area (Å²) in [6.07, 6.45) is -2.81. The molecular weight excluding hydrogens is 449 g/mol. The average Bonchev–Trinajstić information content (AvgIpc) is 3.18. The lowest BCUT2D eigenvalue weighted by Crippen LogP contribution is -2.45. The fourth-order valence-electron chi connectivity index (χ4n) is 4.28. The van der Waals surface area contributed by atoms with Crippen LogP contribution in [-0.2, 0) is 12.1 Å². The van der Waals surface area contributed by atoms with Gasteiger partial charge in [0.1, 0.15) is 5.82 Å². The number of rotatable bonds is 3. The lowest BCUT2D eigenvalue weighted by Gasteiger charge is -2.36. The van der Waals surface area contributed by atoms with Crippen molar-refractivity contribution in [2.75, 3.05) is 24.5 Å². The molecule has 4 heterocycles. The number of hydrogen-bond acceptors (Lipinski definition) is 5. The summed E-state index contributed by atoms with van der Waals surface area (Å²) in [5.74, 6) is -3.15. The van der Waals surface area contributed by atoms with Gasteiger partial charge in [-0.3, -0.25) is 4.79 Å². The van der Waals surface area contributed by atoms with Crippen molar-refractivity contribution in [1.29, 1.82) is 0 Å². The zero-order valence-corrected chi connectivity index (χ0v) is 18.1. The largest absolute Gasteiger partial charge is 0.424 e. The molecule has 2 aromatic rings. The van der Waals surface area contributed by atoms with Crippen molar-refractivity contribution in [3.8, 4) is 0 Å². The molecule has 2 aromatic heterocycles. The van der Waals surface area contributed by atoms with E-state index in [1.807, 2.05) is 0 Å². The molecular formula is C21H24F5N5O2. The number of aromatic nitrogens is 3. The molecule has 0 aromatic carbocycles. The quantitative estimate of drug-likeness (QED) is 0.691. The minimum Gasteiger partial charge on any atom is -0.374 e. The van der Waals surface area contributed by atoms with Crippen LogP contribution >= 0.6 is 0 Å². The summed E-state index contributed by atoms with van der Waals surface area (Å²) in [4.78, 5) is 24.4. The smallest absolute Gasteiger partial charge is 0.374 e. The molecule has 0 spiro atoms. The molecule has 12 heteroatoms. The van der Waals surface area contributed by atoms with Gasteiger partial charge in [0.2, 0.25) is 5.60 Å². The van der Waals surface area contributed by atoms with Crippen molar-refractivity contribution in [1.82, 2.24) is 19.4 Å². The normalized spacial score (nSPS) is 22.6. The molecule has 0 aliphatic carbocycles. The van der Waals surface area contributed by atoms with Gasteiger partial charge in [-0.25, -0.2) is 18.7 Å². The van der Waals surface area contributed by atoms with Crippen LogP contribution < -0.4 is 4.90 Å². The first-order chi connectivity index (χ1) is 15.3. The Labute approximate surface area is 186 Å². The molecule has 1 amide bonds. The van der Waals surface area contributed by atoms with E-state index >= 15 is 0 Å². The second-order valence-corrected chi connectivity index (χ2v) is 8.79. The minimum absolute atomic E-state index is 0.0116. The number of hydrogen-bond donors (Lipinski definition) is 1. The topological polar surface area (TPSA) is 74.5 Å². The van der Waals surface area contributed by atoms with Crippen LogP contribution in [0.4, 0.5) is 27.8 Å². The number of aliphatic hydroxyl groups is 1. The molecule has 0 saturated carbocycles. The molecule has 1 N–H and O–H groups in total. The van der Waals surface area contributed by atoms with Crippen LogP contribution in [0.5, 0.6) is 0 Å². The standard InChI is InChI=1S/C21H24F5N5O2/c1-13-11-30(12-15-10-28-18(31(13)15)19(2,33)21(24,25)26)17(32)14-3-6-27-16(9-14)29-7-4-20(22,23)5-8-29/h3,6,9-10,13,33H,4-5,7-8,11-12H2,1-2H3/t13-,19?/m0/s1. The first-order valence-electron chi connectivity index (χ1n) is 10.5. The second-order valence-electron chi connectivity index (χ2n) is 8.79. The third kappa shape index (κ3) is 4.28. The molecule has 2 atom stereocenters. The van der Waals surface area contributed by atoms with Crippen LogP contribution in [-0.4, -0.2) is 62.2 Å². The van der Waals surface area contributed by atoms with Gasteiger partial charge < -0.3 is 19.5 Å². The molecule has 2 aliphatic heterocycles. The van der Waals surface area contributed by atoms with E-state index < -0.39 is 29.6 Å². The molecule has 1 saturated heterocycles. The van der Waals surface area contributed by atoms with Crippen LogP contribution in [0.3, 0.4) is 0 Å². The van der Waals surface area contributed by atoms with Crippen LogP contribution in [0.1, 0.15) is 54.6 Å². The summed E-state index contributed by atoms with van der Waals surface area (Å²) in [5.41, 5.74) is -2.45. The van der Waals surface area contributed by atoms with Gasteiger partial charge in [-0.15, -0.1) is 0 Å². The Morgan fingerprint density at radius 1 is 1.21 bits per heavy atom. The Balaban J connectivity index is 1.54. The highest BCUT2D eigenvalue weighted by molar-refractivity contribution is 5.95. The molecule has 7 nitrogen and oxygen atoms in total. The fourth-order valence-corrected chi connectivity index (χ4v) is 4.28. The minimum atomic E-state index is -4.91. The number of halogens is 5. The van der Waals surface area contributed by atoms with Gasteiger partial charge in [0.05, 0.1) is 24.5 Å². The Hall–Kier alpha value is -2.76. The Morgan fingerprint density at radius 2 is 1.88 bits per heavy atom. The molecule has 1 unspecified atom stereocenters. The van der Waals surface area contributed by atoms with Gasteiger partial charge in [0.15, 0.2) is 5.82 Å². The zero-order chi connectivity index (χ0) is 24.2. The van der Waals surface area contributed by atoms with Crippen molar-refractivity contribution in [3.63, 3.8) is 0 Å². The molecule has 1 fully saturated rings. The Morgan fingerprint density at radius 3 is 2.52 bits per heavy atom. The number of piperidine rings is 1. The van der Waals surface area contributed by atoms with Crippen LogP contribution in [0.25, 0.3) is 0 Å². The van der Waals surface area contributed by atoms with E-state index in [2.05, 4.69) is 9.97 Å². The summed E-state index contributed by atoms with van der Waals surface area (Å²) in [6.45, 7) is 2.67. The van der Waals surface area contributed by atoms with Gasteiger partial charge in [0.25, 0.3) is 11.8 Å². The number of fused-ring (bicyclic) bond motifs is 1. The van der Waals surface area contributed by atoms with Gasteiger partial charge in [-0.1, -0.05) is 0 Å². The van der Waals surface area contributed by atoms with Crippen molar-refractivity contribution in [3.05, 3.63) is 41.6 Å². The predicted octanol–water partition coefficient (Wildman–Crippen LogP) is 3.50. The summed E-state index contributed by atoms with van der Waals surface area (Å²) in [5, 5.41) is 10.1. The highest BCUT2D eigenvalue weighted by Gasteiger charge is 2.55. The van der Waals surface area contributed by atoms with E-state index in [1.165, 1.54) is 27.9 Å². The number of pyridine rings is 1. The van der Waals surface area contributed by atoms with Crippen LogP contribution in [0.2, 0.25) is 0 Å². The number of carbonyl (C=O) groups excluding carboxylic acids is 1. The zero-order valence-electron chi connectivity index (χ0n) is 18.1. The van der Waals surface area contributed by atoms with Crippen molar-refractivity contribution < 1.29 is 31.9 Å². The molecule has 4 rings (SSSR count). The summed E-state index contributed by atoms with van der Waals surface area (Å²) < 4.78 is 68.2. The van der Waals surface area contributed by atoms with E-state index in [0.717, 1.165) is 0 Å². The lowest BCUT2D eigenvalue weighted by molar-refractivity contribution is -0.263. The lowest BCUT2D eigenvalue weighted by atomic mass is 10.0.